The van der Waals surface area contributed by atoms with Crippen molar-refractivity contribution in [2.45, 2.75) is 24.2 Å². The van der Waals surface area contributed by atoms with Crippen molar-refractivity contribution in [3.63, 3.8) is 0 Å². The molecule has 0 bridgehead atoms. The predicted octanol–water partition coefficient (Wildman–Crippen LogP) is 1.26. The van der Waals surface area contributed by atoms with E-state index in [1.54, 1.807) is 19.2 Å². The summed E-state index contributed by atoms with van der Waals surface area (Å²) < 4.78 is 43.0. The van der Waals surface area contributed by atoms with Gasteiger partial charge in [0.15, 0.2) is 0 Å². The highest BCUT2D eigenvalue weighted by Crippen LogP contribution is 2.32. The predicted molar refractivity (Wildman–Crippen MR) is 101 cm³/mol. The number of hydrogen-bond acceptors (Lipinski definition) is 6. The van der Waals surface area contributed by atoms with E-state index in [2.05, 4.69) is 5.32 Å². The number of piperidine rings is 1. The molecular formula is C18H28N2O6S. The Morgan fingerprint density at radius 2 is 2.04 bits per heavy atom. The maximum atomic E-state index is 13.1. The third kappa shape index (κ3) is 5.33. The highest BCUT2D eigenvalue weighted by atomic mass is 32.2. The summed E-state index contributed by atoms with van der Waals surface area (Å²) in [5.74, 6) is 0.192. The maximum absolute atomic E-state index is 13.1. The molecule has 1 aliphatic rings. The number of benzene rings is 1. The molecule has 0 aliphatic carbocycles. The van der Waals surface area contributed by atoms with Crippen LogP contribution in [0.2, 0.25) is 0 Å². The van der Waals surface area contributed by atoms with Gasteiger partial charge in [-0.15, -0.1) is 0 Å². The summed E-state index contributed by atoms with van der Waals surface area (Å²) in [5, 5.41) is 2.85. The van der Waals surface area contributed by atoms with Crippen LogP contribution in [-0.2, 0) is 19.6 Å². The Bertz CT molecular complexity index is 737. The molecule has 0 aromatic heterocycles. The lowest BCUT2D eigenvalue weighted by Gasteiger charge is -2.31. The third-order valence-electron chi connectivity index (χ3n) is 4.57. The largest absolute Gasteiger partial charge is 0.497 e. The van der Waals surface area contributed by atoms with E-state index in [-0.39, 0.29) is 29.0 Å². The van der Waals surface area contributed by atoms with Gasteiger partial charge in [0.2, 0.25) is 15.9 Å². The van der Waals surface area contributed by atoms with E-state index >= 15 is 0 Å². The normalized spacial score (nSPS) is 18.1. The number of rotatable bonds is 9. The highest BCUT2D eigenvalue weighted by Gasteiger charge is 2.35. The second kappa shape index (κ2) is 9.91. The van der Waals surface area contributed by atoms with Crippen molar-refractivity contribution in [2.75, 3.05) is 47.6 Å². The topological polar surface area (TPSA) is 94.2 Å². The van der Waals surface area contributed by atoms with E-state index < -0.39 is 10.0 Å². The second-order valence-electron chi connectivity index (χ2n) is 6.36. The molecule has 1 heterocycles. The molecule has 1 atom stereocenters. The lowest BCUT2D eigenvalue weighted by atomic mass is 9.99. The molecule has 1 aromatic rings. The van der Waals surface area contributed by atoms with E-state index in [9.17, 15) is 13.2 Å². The Hall–Kier alpha value is -1.84. The first-order chi connectivity index (χ1) is 12.9. The lowest BCUT2D eigenvalue weighted by molar-refractivity contribution is -0.126. The lowest BCUT2D eigenvalue weighted by Crippen LogP contribution is -2.45. The van der Waals surface area contributed by atoms with Crippen LogP contribution in [0, 0.1) is 5.92 Å². The van der Waals surface area contributed by atoms with Gasteiger partial charge in [-0.2, -0.15) is 4.31 Å². The van der Waals surface area contributed by atoms with Gasteiger partial charge >= 0.3 is 0 Å². The standard InChI is InChI=1S/C18H28N2O6S/c1-24-11-5-9-19-18(21)14-6-4-10-20(13-14)27(22,23)17-12-15(25-2)7-8-16(17)26-3/h7-8,12,14H,4-6,9-11,13H2,1-3H3,(H,19,21). The first-order valence-corrected chi connectivity index (χ1v) is 10.4. The van der Waals surface area contributed by atoms with Gasteiger partial charge in [-0.1, -0.05) is 0 Å². The monoisotopic (exact) mass is 400 g/mol. The number of carbonyl (C=O) groups is 1. The smallest absolute Gasteiger partial charge is 0.246 e. The van der Waals surface area contributed by atoms with Crippen LogP contribution in [0.1, 0.15) is 19.3 Å². The Balaban J connectivity index is 2.13. The molecule has 1 saturated heterocycles. The average molecular weight is 400 g/mol. The molecule has 1 N–H and O–H groups in total. The number of ether oxygens (including phenoxy) is 3. The van der Waals surface area contributed by atoms with Gasteiger partial charge in [0.25, 0.3) is 0 Å². The second-order valence-corrected chi connectivity index (χ2v) is 8.26. The first kappa shape index (κ1) is 21.5. The van der Waals surface area contributed by atoms with Crippen molar-refractivity contribution >= 4 is 15.9 Å². The Morgan fingerprint density at radius 1 is 1.26 bits per heavy atom. The molecule has 1 amide bonds. The minimum Gasteiger partial charge on any atom is -0.497 e. The fourth-order valence-electron chi connectivity index (χ4n) is 3.07. The molecule has 0 radical (unpaired) electrons. The number of nitrogens with zero attached hydrogens (tertiary/aromatic N) is 1. The molecule has 1 fully saturated rings. The van der Waals surface area contributed by atoms with Crippen LogP contribution in [0.5, 0.6) is 11.5 Å². The van der Waals surface area contributed by atoms with Gasteiger partial charge in [0.05, 0.1) is 20.1 Å². The fraction of sp³-hybridized carbons (Fsp3) is 0.611. The molecule has 8 nitrogen and oxygen atoms in total. The van der Waals surface area contributed by atoms with Crippen LogP contribution >= 0.6 is 0 Å². The summed E-state index contributed by atoms with van der Waals surface area (Å²) in [6, 6.07) is 4.66. The van der Waals surface area contributed by atoms with Crippen LogP contribution in [0.4, 0.5) is 0 Å². The molecule has 27 heavy (non-hydrogen) atoms. The highest BCUT2D eigenvalue weighted by molar-refractivity contribution is 7.89. The van der Waals surface area contributed by atoms with Gasteiger partial charge in [-0.3, -0.25) is 4.79 Å². The Morgan fingerprint density at radius 3 is 2.70 bits per heavy atom. The van der Waals surface area contributed by atoms with Crippen LogP contribution in [0.15, 0.2) is 23.1 Å². The average Bonchev–Trinajstić information content (AvgIpc) is 2.70. The molecule has 1 aromatic carbocycles. The van der Waals surface area contributed by atoms with E-state index in [1.807, 2.05) is 0 Å². The van der Waals surface area contributed by atoms with E-state index in [4.69, 9.17) is 14.2 Å². The van der Waals surface area contributed by atoms with Gasteiger partial charge < -0.3 is 19.5 Å². The quantitative estimate of drug-likeness (QED) is 0.627. The number of amides is 1. The number of methoxy groups -OCH3 is 3. The van der Waals surface area contributed by atoms with Crippen molar-refractivity contribution in [1.29, 1.82) is 0 Å². The first-order valence-electron chi connectivity index (χ1n) is 8.93. The zero-order valence-corrected chi connectivity index (χ0v) is 16.9. The third-order valence-corrected chi connectivity index (χ3v) is 6.45. The minimum atomic E-state index is -3.80. The minimum absolute atomic E-state index is 0.0468. The summed E-state index contributed by atoms with van der Waals surface area (Å²) >= 11 is 0. The zero-order chi connectivity index (χ0) is 19.9. The van der Waals surface area contributed by atoms with E-state index in [1.165, 1.54) is 24.6 Å². The number of carbonyl (C=O) groups excluding carboxylic acids is 1. The Labute approximate surface area is 160 Å². The molecule has 1 unspecified atom stereocenters. The number of nitrogens with one attached hydrogen (secondary N) is 1. The molecule has 0 spiro atoms. The summed E-state index contributed by atoms with van der Waals surface area (Å²) in [4.78, 5) is 12.4. The van der Waals surface area contributed by atoms with Crippen molar-refractivity contribution in [2.24, 2.45) is 5.92 Å². The molecular weight excluding hydrogens is 372 g/mol. The number of hydrogen-bond donors (Lipinski definition) is 1. The van der Waals surface area contributed by atoms with Gasteiger partial charge in [-0.05, 0) is 31.4 Å². The van der Waals surface area contributed by atoms with Crippen molar-refractivity contribution in [1.82, 2.24) is 9.62 Å². The summed E-state index contributed by atoms with van der Waals surface area (Å²) in [6.07, 6.45) is 2.01. The van der Waals surface area contributed by atoms with Gasteiger partial charge in [0.1, 0.15) is 16.4 Å². The molecule has 9 heteroatoms. The van der Waals surface area contributed by atoms with Crippen molar-refractivity contribution < 1.29 is 27.4 Å². The summed E-state index contributed by atoms with van der Waals surface area (Å²) in [5.41, 5.74) is 0. The number of sulfonamides is 1. The molecule has 1 aliphatic heterocycles. The van der Waals surface area contributed by atoms with Crippen LogP contribution in [0.25, 0.3) is 0 Å². The summed E-state index contributed by atoms with van der Waals surface area (Å²) in [7, 11) is 0.704. The van der Waals surface area contributed by atoms with Gasteiger partial charge in [0, 0.05) is 39.4 Å². The fourth-order valence-corrected chi connectivity index (χ4v) is 4.77. The van der Waals surface area contributed by atoms with E-state index in [0.29, 0.717) is 38.3 Å². The van der Waals surface area contributed by atoms with Crippen LogP contribution in [-0.4, -0.2) is 66.2 Å². The van der Waals surface area contributed by atoms with Gasteiger partial charge in [-0.25, -0.2) is 8.42 Å². The molecule has 152 valence electrons. The maximum Gasteiger partial charge on any atom is 0.246 e. The summed E-state index contributed by atoms with van der Waals surface area (Å²) in [6.45, 7) is 1.61. The molecule has 2 rings (SSSR count). The zero-order valence-electron chi connectivity index (χ0n) is 16.1. The van der Waals surface area contributed by atoms with E-state index in [0.717, 1.165) is 6.42 Å². The van der Waals surface area contributed by atoms with Crippen LogP contribution in [0.3, 0.4) is 0 Å². The Kier molecular flexibility index (Phi) is 7.88. The van der Waals surface area contributed by atoms with Crippen LogP contribution < -0.4 is 14.8 Å². The molecule has 0 saturated carbocycles. The van der Waals surface area contributed by atoms with Crippen molar-refractivity contribution in [3.05, 3.63) is 18.2 Å². The SMILES string of the molecule is COCCCNC(=O)C1CCCN(S(=O)(=O)c2cc(OC)ccc2OC)C1. The van der Waals surface area contributed by atoms with Crippen molar-refractivity contribution in [3.8, 4) is 11.5 Å².